The highest BCUT2D eigenvalue weighted by Gasteiger charge is 2.24. The Balaban J connectivity index is 1.96. The SMILES string of the molecule is Cc1ccc2[nH]c3c(c(=O)c2c1)CCN3c1ccccc1. The van der Waals surface area contributed by atoms with Crippen molar-refractivity contribution < 1.29 is 0 Å². The quantitative estimate of drug-likeness (QED) is 0.738. The summed E-state index contributed by atoms with van der Waals surface area (Å²) in [4.78, 5) is 18.3. The average Bonchev–Trinajstić information content (AvgIpc) is 2.93. The Hall–Kier alpha value is -2.55. The van der Waals surface area contributed by atoms with Crippen LogP contribution in [-0.2, 0) is 6.42 Å². The van der Waals surface area contributed by atoms with Crippen molar-refractivity contribution in [2.75, 3.05) is 11.4 Å². The molecule has 0 bridgehead atoms. The van der Waals surface area contributed by atoms with Crippen LogP contribution in [-0.4, -0.2) is 11.5 Å². The highest BCUT2D eigenvalue weighted by atomic mass is 16.1. The number of pyridine rings is 1. The number of nitrogens with one attached hydrogen (secondary N) is 1. The van der Waals surface area contributed by atoms with Gasteiger partial charge in [0.05, 0.1) is 5.52 Å². The van der Waals surface area contributed by atoms with Crippen molar-refractivity contribution in [3.8, 4) is 0 Å². The lowest BCUT2D eigenvalue weighted by Crippen LogP contribution is -2.15. The maximum Gasteiger partial charge on any atom is 0.194 e. The van der Waals surface area contributed by atoms with Gasteiger partial charge in [-0.2, -0.15) is 0 Å². The van der Waals surface area contributed by atoms with Crippen LogP contribution in [0.25, 0.3) is 10.9 Å². The van der Waals surface area contributed by atoms with Crippen LogP contribution in [0, 0.1) is 6.92 Å². The molecule has 0 saturated carbocycles. The van der Waals surface area contributed by atoms with Crippen molar-refractivity contribution in [1.82, 2.24) is 4.98 Å². The number of anilines is 2. The molecule has 3 heteroatoms. The van der Waals surface area contributed by atoms with Gasteiger partial charge in [0.15, 0.2) is 5.43 Å². The molecule has 0 aliphatic carbocycles. The first kappa shape index (κ1) is 12.2. The molecule has 1 aliphatic heterocycles. The maximum atomic E-state index is 12.7. The number of aryl methyl sites for hydroxylation is 1. The van der Waals surface area contributed by atoms with Gasteiger partial charge in [-0.1, -0.05) is 29.8 Å². The van der Waals surface area contributed by atoms with E-state index in [1.54, 1.807) is 0 Å². The lowest BCUT2D eigenvalue weighted by molar-refractivity contribution is 0.989. The van der Waals surface area contributed by atoms with Crippen LogP contribution < -0.4 is 10.3 Å². The fourth-order valence-electron chi connectivity index (χ4n) is 3.09. The monoisotopic (exact) mass is 276 g/mol. The summed E-state index contributed by atoms with van der Waals surface area (Å²) in [5.41, 5.74) is 4.22. The Labute approximate surface area is 122 Å². The standard InChI is InChI=1S/C18H16N2O/c1-12-7-8-16-15(11-12)17(21)14-9-10-20(18(14)19-16)13-5-3-2-4-6-13/h2-8,11H,9-10H2,1H3,(H,19,21). The van der Waals surface area contributed by atoms with E-state index in [9.17, 15) is 4.79 Å². The van der Waals surface area contributed by atoms with Gasteiger partial charge < -0.3 is 9.88 Å². The Morgan fingerprint density at radius 2 is 1.90 bits per heavy atom. The molecule has 21 heavy (non-hydrogen) atoms. The first-order chi connectivity index (χ1) is 10.2. The zero-order chi connectivity index (χ0) is 14.4. The lowest BCUT2D eigenvalue weighted by Gasteiger charge is -2.19. The van der Waals surface area contributed by atoms with Crippen LogP contribution in [0.1, 0.15) is 11.1 Å². The largest absolute Gasteiger partial charge is 0.341 e. The van der Waals surface area contributed by atoms with E-state index in [2.05, 4.69) is 22.0 Å². The third kappa shape index (κ3) is 1.85. The minimum Gasteiger partial charge on any atom is -0.341 e. The maximum absolute atomic E-state index is 12.7. The van der Waals surface area contributed by atoms with Crippen molar-refractivity contribution >= 4 is 22.4 Å². The second-order valence-electron chi connectivity index (χ2n) is 5.57. The highest BCUT2D eigenvalue weighted by molar-refractivity contribution is 5.84. The predicted octanol–water partition coefficient (Wildman–Crippen LogP) is 3.53. The smallest absolute Gasteiger partial charge is 0.194 e. The predicted molar refractivity (Wildman–Crippen MR) is 86.5 cm³/mol. The fraction of sp³-hybridized carbons (Fsp3) is 0.167. The summed E-state index contributed by atoms with van der Waals surface area (Å²) < 4.78 is 0. The van der Waals surface area contributed by atoms with Crippen LogP contribution in [0.5, 0.6) is 0 Å². The lowest BCUT2D eigenvalue weighted by atomic mass is 10.1. The van der Waals surface area contributed by atoms with Crippen LogP contribution in [0.4, 0.5) is 11.5 Å². The van der Waals surface area contributed by atoms with Crippen LogP contribution >= 0.6 is 0 Å². The Bertz CT molecular complexity index is 881. The molecule has 0 saturated heterocycles. The molecule has 104 valence electrons. The van der Waals surface area contributed by atoms with Gasteiger partial charge >= 0.3 is 0 Å². The minimum atomic E-state index is 0.167. The summed E-state index contributed by atoms with van der Waals surface area (Å²) in [5.74, 6) is 0.947. The Kier molecular flexibility index (Phi) is 2.61. The summed E-state index contributed by atoms with van der Waals surface area (Å²) in [5, 5.41) is 0.795. The van der Waals surface area contributed by atoms with Gasteiger partial charge in [0.2, 0.25) is 0 Å². The normalized spacial score (nSPS) is 13.7. The van der Waals surface area contributed by atoms with Gasteiger partial charge in [-0.15, -0.1) is 0 Å². The molecule has 3 aromatic rings. The van der Waals surface area contributed by atoms with Gasteiger partial charge in [-0.25, -0.2) is 0 Å². The number of aromatic nitrogens is 1. The first-order valence-electron chi connectivity index (χ1n) is 7.22. The van der Waals surface area contributed by atoms with Crippen molar-refractivity contribution in [1.29, 1.82) is 0 Å². The number of fused-ring (bicyclic) bond motifs is 2. The van der Waals surface area contributed by atoms with E-state index < -0.39 is 0 Å². The molecular weight excluding hydrogens is 260 g/mol. The summed E-state index contributed by atoms with van der Waals surface area (Å²) >= 11 is 0. The van der Waals surface area contributed by atoms with Gasteiger partial charge in [0.25, 0.3) is 0 Å². The molecule has 2 aromatic carbocycles. The number of hydrogen-bond acceptors (Lipinski definition) is 2. The van der Waals surface area contributed by atoms with E-state index >= 15 is 0 Å². The van der Waals surface area contributed by atoms with E-state index in [-0.39, 0.29) is 5.43 Å². The van der Waals surface area contributed by atoms with E-state index in [0.29, 0.717) is 0 Å². The van der Waals surface area contributed by atoms with Crippen molar-refractivity contribution in [2.45, 2.75) is 13.3 Å². The molecule has 1 aromatic heterocycles. The molecule has 2 heterocycles. The molecule has 0 spiro atoms. The molecule has 0 unspecified atom stereocenters. The number of H-pyrrole nitrogens is 1. The van der Waals surface area contributed by atoms with Crippen molar-refractivity contribution in [2.24, 2.45) is 0 Å². The number of rotatable bonds is 1. The molecule has 3 nitrogen and oxygen atoms in total. The van der Waals surface area contributed by atoms with Crippen molar-refractivity contribution in [3.63, 3.8) is 0 Å². The fourth-order valence-corrected chi connectivity index (χ4v) is 3.09. The minimum absolute atomic E-state index is 0.167. The van der Waals surface area contributed by atoms with E-state index in [4.69, 9.17) is 0 Å². The highest BCUT2D eigenvalue weighted by Crippen LogP contribution is 2.32. The second kappa shape index (κ2) is 4.48. The van der Waals surface area contributed by atoms with Crippen LogP contribution in [0.2, 0.25) is 0 Å². The van der Waals surface area contributed by atoms with Gasteiger partial charge in [-0.05, 0) is 37.6 Å². The molecular formula is C18H16N2O. The molecule has 1 N–H and O–H groups in total. The van der Waals surface area contributed by atoms with Gasteiger partial charge in [0.1, 0.15) is 5.82 Å². The van der Waals surface area contributed by atoms with E-state index in [1.807, 2.05) is 43.3 Å². The third-order valence-corrected chi connectivity index (χ3v) is 4.16. The number of benzene rings is 2. The Morgan fingerprint density at radius 3 is 2.71 bits per heavy atom. The van der Waals surface area contributed by atoms with E-state index in [1.165, 1.54) is 0 Å². The molecule has 0 amide bonds. The molecule has 0 atom stereocenters. The Morgan fingerprint density at radius 1 is 1.10 bits per heavy atom. The molecule has 0 fully saturated rings. The zero-order valence-corrected chi connectivity index (χ0v) is 11.9. The van der Waals surface area contributed by atoms with Crippen molar-refractivity contribution in [3.05, 3.63) is 69.9 Å². The van der Waals surface area contributed by atoms with Gasteiger partial charge in [-0.3, -0.25) is 4.79 Å². The zero-order valence-electron chi connectivity index (χ0n) is 11.9. The summed E-state index contributed by atoms with van der Waals surface area (Å²) in [6, 6.07) is 16.2. The molecule has 1 aliphatic rings. The summed E-state index contributed by atoms with van der Waals surface area (Å²) in [6.07, 6.45) is 0.795. The number of aromatic amines is 1. The first-order valence-corrected chi connectivity index (χ1v) is 7.22. The van der Waals surface area contributed by atoms with Crippen LogP contribution in [0.15, 0.2) is 53.3 Å². The molecule has 0 radical (unpaired) electrons. The molecule has 4 rings (SSSR count). The summed E-state index contributed by atoms with van der Waals surface area (Å²) in [6.45, 7) is 2.86. The third-order valence-electron chi connectivity index (χ3n) is 4.16. The topological polar surface area (TPSA) is 36.1 Å². The van der Waals surface area contributed by atoms with E-state index in [0.717, 1.165) is 46.5 Å². The van der Waals surface area contributed by atoms with Crippen LogP contribution in [0.3, 0.4) is 0 Å². The van der Waals surface area contributed by atoms with Gasteiger partial charge in [0, 0.05) is 23.2 Å². The number of nitrogens with zero attached hydrogens (tertiary/aromatic N) is 1. The number of hydrogen-bond donors (Lipinski definition) is 1. The number of para-hydroxylation sites is 1. The summed E-state index contributed by atoms with van der Waals surface area (Å²) in [7, 11) is 0. The average molecular weight is 276 g/mol. The second-order valence-corrected chi connectivity index (χ2v) is 5.57.